The molecule has 2 rings (SSSR count). The second-order valence-corrected chi connectivity index (χ2v) is 3.85. The Bertz CT molecular complexity index is 307. The minimum absolute atomic E-state index is 0.387. The van der Waals surface area contributed by atoms with Crippen LogP contribution in [0.3, 0.4) is 0 Å². The van der Waals surface area contributed by atoms with Gasteiger partial charge < -0.3 is 9.30 Å². The molecule has 0 aromatic carbocycles. The molecule has 1 aromatic heterocycles. The lowest BCUT2D eigenvalue weighted by atomic mass is 10.0. The first-order chi connectivity index (χ1) is 6.83. The summed E-state index contributed by atoms with van der Waals surface area (Å²) in [4.78, 5) is 0. The van der Waals surface area contributed by atoms with Crippen LogP contribution < -0.4 is 0 Å². The normalized spacial score (nSPS) is 22.6. The van der Waals surface area contributed by atoms with Gasteiger partial charge >= 0.3 is 0 Å². The molecule has 1 unspecified atom stereocenters. The van der Waals surface area contributed by atoms with E-state index in [1.54, 1.807) is 0 Å². The van der Waals surface area contributed by atoms with E-state index < -0.39 is 0 Å². The van der Waals surface area contributed by atoms with E-state index in [0.29, 0.717) is 11.8 Å². The third-order valence-corrected chi connectivity index (χ3v) is 2.88. The molecule has 5 heteroatoms. The SMILES string of the molecule is Cn1c(CCl)nnc1C1CCCOC1. The number of alkyl halides is 1. The van der Waals surface area contributed by atoms with Gasteiger partial charge in [0.05, 0.1) is 12.5 Å². The van der Waals surface area contributed by atoms with Gasteiger partial charge in [0.1, 0.15) is 11.6 Å². The molecule has 1 aliphatic heterocycles. The van der Waals surface area contributed by atoms with E-state index >= 15 is 0 Å². The van der Waals surface area contributed by atoms with Crippen LogP contribution in [0.5, 0.6) is 0 Å². The zero-order valence-corrected chi connectivity index (χ0v) is 9.00. The average molecular weight is 216 g/mol. The molecule has 1 atom stereocenters. The summed E-state index contributed by atoms with van der Waals surface area (Å²) < 4.78 is 7.40. The number of rotatable bonds is 2. The van der Waals surface area contributed by atoms with Gasteiger partial charge in [-0.15, -0.1) is 21.8 Å². The van der Waals surface area contributed by atoms with E-state index in [1.807, 2.05) is 11.6 Å². The molecule has 0 N–H and O–H groups in total. The number of ether oxygens (including phenoxy) is 1. The highest BCUT2D eigenvalue weighted by molar-refractivity contribution is 6.16. The van der Waals surface area contributed by atoms with Gasteiger partial charge in [-0.3, -0.25) is 0 Å². The molecule has 1 aliphatic rings. The maximum atomic E-state index is 5.73. The predicted octanol–water partition coefficient (Wildman–Crippen LogP) is 1.45. The summed E-state index contributed by atoms with van der Waals surface area (Å²) in [5, 5.41) is 8.19. The minimum atomic E-state index is 0.387. The number of nitrogens with zero attached hydrogens (tertiary/aromatic N) is 3. The van der Waals surface area contributed by atoms with Crippen molar-refractivity contribution in [1.29, 1.82) is 0 Å². The fraction of sp³-hybridized carbons (Fsp3) is 0.778. The number of hydrogen-bond acceptors (Lipinski definition) is 3. The molecule has 14 heavy (non-hydrogen) atoms. The highest BCUT2D eigenvalue weighted by Gasteiger charge is 2.21. The van der Waals surface area contributed by atoms with Crippen LogP contribution >= 0.6 is 11.6 Å². The van der Waals surface area contributed by atoms with Crippen molar-refractivity contribution in [3.8, 4) is 0 Å². The summed E-state index contributed by atoms with van der Waals surface area (Å²) in [7, 11) is 1.96. The molecule has 2 heterocycles. The Hall–Kier alpha value is -0.610. The van der Waals surface area contributed by atoms with Crippen molar-refractivity contribution < 1.29 is 4.74 Å². The van der Waals surface area contributed by atoms with Gasteiger partial charge in [0.25, 0.3) is 0 Å². The van der Waals surface area contributed by atoms with E-state index in [0.717, 1.165) is 37.7 Å². The fourth-order valence-corrected chi connectivity index (χ4v) is 2.02. The molecule has 0 saturated carbocycles. The molecule has 0 radical (unpaired) electrons. The van der Waals surface area contributed by atoms with Crippen molar-refractivity contribution in [3.63, 3.8) is 0 Å². The molecule has 1 fully saturated rings. The zero-order valence-electron chi connectivity index (χ0n) is 8.24. The first-order valence-electron chi connectivity index (χ1n) is 4.84. The van der Waals surface area contributed by atoms with Gasteiger partial charge in [-0.25, -0.2) is 0 Å². The monoisotopic (exact) mass is 215 g/mol. The van der Waals surface area contributed by atoms with Crippen molar-refractivity contribution in [2.75, 3.05) is 13.2 Å². The Kier molecular flexibility index (Phi) is 3.03. The van der Waals surface area contributed by atoms with Gasteiger partial charge in [-0.2, -0.15) is 0 Å². The highest BCUT2D eigenvalue weighted by atomic mass is 35.5. The topological polar surface area (TPSA) is 39.9 Å². The number of hydrogen-bond donors (Lipinski definition) is 0. The zero-order chi connectivity index (χ0) is 9.97. The summed E-state index contributed by atoms with van der Waals surface area (Å²) in [5.74, 6) is 2.63. The molecule has 4 nitrogen and oxygen atoms in total. The lowest BCUT2D eigenvalue weighted by molar-refractivity contribution is 0.0771. The summed E-state index contributed by atoms with van der Waals surface area (Å²) in [6.07, 6.45) is 2.24. The van der Waals surface area contributed by atoms with Crippen LogP contribution in [0.1, 0.15) is 30.4 Å². The lowest BCUT2D eigenvalue weighted by Gasteiger charge is -2.21. The quantitative estimate of drug-likeness (QED) is 0.702. The van der Waals surface area contributed by atoms with Crippen molar-refractivity contribution in [1.82, 2.24) is 14.8 Å². The molecule has 1 aromatic rings. The number of halogens is 1. The van der Waals surface area contributed by atoms with Gasteiger partial charge in [-0.1, -0.05) is 0 Å². The maximum Gasteiger partial charge on any atom is 0.147 e. The Labute approximate surface area is 88.2 Å². The van der Waals surface area contributed by atoms with E-state index in [1.165, 1.54) is 0 Å². The van der Waals surface area contributed by atoms with Crippen LogP contribution in [0.25, 0.3) is 0 Å². The first-order valence-corrected chi connectivity index (χ1v) is 5.38. The summed E-state index contributed by atoms with van der Waals surface area (Å²) in [6, 6.07) is 0. The van der Waals surface area contributed by atoms with Gasteiger partial charge in [-0.05, 0) is 12.8 Å². The third kappa shape index (κ3) is 1.77. The van der Waals surface area contributed by atoms with Crippen molar-refractivity contribution in [2.45, 2.75) is 24.6 Å². The van der Waals surface area contributed by atoms with E-state index in [-0.39, 0.29) is 0 Å². The third-order valence-electron chi connectivity index (χ3n) is 2.64. The second-order valence-electron chi connectivity index (χ2n) is 3.58. The van der Waals surface area contributed by atoms with Gasteiger partial charge in [0, 0.05) is 19.6 Å². The Morgan fingerprint density at radius 2 is 2.43 bits per heavy atom. The molecule has 0 bridgehead atoms. The van der Waals surface area contributed by atoms with E-state index in [2.05, 4.69) is 10.2 Å². The minimum Gasteiger partial charge on any atom is -0.381 e. The smallest absolute Gasteiger partial charge is 0.147 e. The molecular formula is C9H14ClN3O. The van der Waals surface area contributed by atoms with Crippen molar-refractivity contribution in [3.05, 3.63) is 11.6 Å². The van der Waals surface area contributed by atoms with Crippen molar-refractivity contribution in [2.24, 2.45) is 7.05 Å². The summed E-state index contributed by atoms with van der Waals surface area (Å²) in [6.45, 7) is 1.63. The van der Waals surface area contributed by atoms with Crippen LogP contribution in [0, 0.1) is 0 Å². The average Bonchev–Trinajstić information content (AvgIpc) is 2.61. The summed E-state index contributed by atoms with van der Waals surface area (Å²) in [5.41, 5.74) is 0. The van der Waals surface area contributed by atoms with E-state index in [4.69, 9.17) is 16.3 Å². The van der Waals surface area contributed by atoms with Gasteiger partial charge in [0.2, 0.25) is 0 Å². The Morgan fingerprint density at radius 3 is 3.00 bits per heavy atom. The van der Waals surface area contributed by atoms with Crippen LogP contribution in [0.4, 0.5) is 0 Å². The molecule has 78 valence electrons. The van der Waals surface area contributed by atoms with Gasteiger partial charge in [0.15, 0.2) is 0 Å². The van der Waals surface area contributed by atoms with Crippen LogP contribution in [-0.4, -0.2) is 28.0 Å². The van der Waals surface area contributed by atoms with Crippen LogP contribution in [0.15, 0.2) is 0 Å². The molecule has 0 amide bonds. The second kappa shape index (κ2) is 4.28. The largest absolute Gasteiger partial charge is 0.381 e. The predicted molar refractivity (Wildman–Crippen MR) is 53.4 cm³/mol. The molecule has 0 aliphatic carbocycles. The molecule has 1 saturated heterocycles. The maximum absolute atomic E-state index is 5.73. The molecular weight excluding hydrogens is 202 g/mol. The van der Waals surface area contributed by atoms with Crippen LogP contribution in [0.2, 0.25) is 0 Å². The fourth-order valence-electron chi connectivity index (χ4n) is 1.79. The Balaban J connectivity index is 2.18. The lowest BCUT2D eigenvalue weighted by Crippen LogP contribution is -2.19. The Morgan fingerprint density at radius 1 is 1.57 bits per heavy atom. The van der Waals surface area contributed by atoms with E-state index in [9.17, 15) is 0 Å². The van der Waals surface area contributed by atoms with Crippen molar-refractivity contribution >= 4 is 11.6 Å². The van der Waals surface area contributed by atoms with Crippen LogP contribution in [-0.2, 0) is 17.7 Å². The standard InChI is InChI=1S/C9H14ClN3O/c1-13-8(5-10)11-12-9(13)7-3-2-4-14-6-7/h7H,2-6H2,1H3. The highest BCUT2D eigenvalue weighted by Crippen LogP contribution is 2.23. The molecule has 0 spiro atoms. The summed E-state index contributed by atoms with van der Waals surface area (Å²) >= 11 is 5.73. The first kappa shape index (κ1) is 9.93. The number of aromatic nitrogens is 3.